The topological polar surface area (TPSA) is 116 Å². The van der Waals surface area contributed by atoms with E-state index in [0.717, 1.165) is 38.0 Å². The number of carbonyl (C=O) groups excluding carboxylic acids is 3. The van der Waals surface area contributed by atoms with E-state index in [1.807, 2.05) is 12.1 Å². The lowest BCUT2D eigenvalue weighted by Gasteiger charge is -2.34. The molecule has 214 valence electrons. The maximum Gasteiger partial charge on any atom is 0.250 e. The summed E-state index contributed by atoms with van der Waals surface area (Å²) in [4.78, 5) is 40.0. The van der Waals surface area contributed by atoms with Crippen molar-refractivity contribution in [3.05, 3.63) is 71.5 Å². The van der Waals surface area contributed by atoms with Gasteiger partial charge in [-0.3, -0.25) is 24.6 Å². The van der Waals surface area contributed by atoms with Crippen LogP contribution in [-0.4, -0.2) is 84.3 Å². The molecule has 3 amide bonds. The number of imide groups is 1. The predicted molar refractivity (Wildman–Crippen MR) is 149 cm³/mol. The van der Waals surface area contributed by atoms with Gasteiger partial charge in [0.1, 0.15) is 18.4 Å². The molecule has 4 fully saturated rings. The molecular formula is C29H36N4O6S. The number of hydrogen-bond donors (Lipinski definition) is 1. The van der Waals surface area contributed by atoms with E-state index in [1.54, 1.807) is 22.5 Å². The van der Waals surface area contributed by atoms with Gasteiger partial charge < -0.3 is 9.64 Å². The summed E-state index contributed by atoms with van der Waals surface area (Å²) in [6.45, 7) is 8.10. The highest BCUT2D eigenvalue weighted by atomic mass is 32.2. The standard InChI is InChI=1S/C29H36N4O6S/c1-21(3-2-4-24-13-14-33(29(24)36)26-11-12-27(34)30-28(26)35)39-20-23-7-5-22(6-8-23)19-31-15-17-32(18-16-31)40(37,38)25-9-10-25/h2-8,25-26H,1,9-20H2,(H,30,34,35)/b3-2-,24-4+. The summed E-state index contributed by atoms with van der Waals surface area (Å²) < 4.78 is 32.3. The minimum absolute atomic E-state index is 0.147. The van der Waals surface area contributed by atoms with Crippen LogP contribution in [-0.2, 0) is 42.3 Å². The molecule has 1 aromatic carbocycles. The first kappa shape index (κ1) is 28.3. The summed E-state index contributed by atoms with van der Waals surface area (Å²) in [5.74, 6) is -0.422. The molecule has 3 saturated heterocycles. The fourth-order valence-corrected chi connectivity index (χ4v) is 7.10. The van der Waals surface area contributed by atoms with Gasteiger partial charge in [-0.25, -0.2) is 8.42 Å². The molecule has 1 unspecified atom stereocenters. The van der Waals surface area contributed by atoms with Gasteiger partial charge in [-0.15, -0.1) is 0 Å². The monoisotopic (exact) mass is 568 g/mol. The van der Waals surface area contributed by atoms with Gasteiger partial charge in [-0.2, -0.15) is 4.31 Å². The Labute approximate surface area is 235 Å². The maximum absolute atomic E-state index is 12.7. The molecule has 0 bridgehead atoms. The molecule has 0 radical (unpaired) electrons. The van der Waals surface area contributed by atoms with E-state index in [1.165, 1.54) is 10.5 Å². The zero-order valence-corrected chi connectivity index (χ0v) is 23.4. The normalized spacial score (nSPS) is 24.2. The van der Waals surface area contributed by atoms with Crippen LogP contribution in [0.4, 0.5) is 0 Å². The number of nitrogens with one attached hydrogen (secondary N) is 1. The molecular weight excluding hydrogens is 532 g/mol. The Morgan fingerprint density at radius 2 is 1.68 bits per heavy atom. The molecule has 10 nitrogen and oxygen atoms in total. The molecule has 3 heterocycles. The second-order valence-corrected chi connectivity index (χ2v) is 13.0. The van der Waals surface area contributed by atoms with Crippen molar-refractivity contribution >= 4 is 27.7 Å². The lowest BCUT2D eigenvalue weighted by atomic mass is 10.0. The number of ether oxygens (including phenoxy) is 1. The number of piperazine rings is 1. The van der Waals surface area contributed by atoms with E-state index in [4.69, 9.17) is 4.74 Å². The van der Waals surface area contributed by atoms with Crippen molar-refractivity contribution in [1.82, 2.24) is 19.4 Å². The van der Waals surface area contributed by atoms with E-state index in [0.29, 0.717) is 50.4 Å². The van der Waals surface area contributed by atoms with Crippen LogP contribution in [0.2, 0.25) is 0 Å². The number of nitrogens with zero attached hydrogens (tertiary/aromatic N) is 3. The molecule has 0 aromatic heterocycles. The largest absolute Gasteiger partial charge is 0.490 e. The summed E-state index contributed by atoms with van der Waals surface area (Å²) >= 11 is 0. The SMILES string of the molecule is C=C(/C=C\C=C1/CCN(C2CCC(=O)NC2=O)C1=O)OCc1ccc(CN2CCN(S(=O)(=O)C3CC3)CC2)cc1. The average Bonchev–Trinajstić information content (AvgIpc) is 3.74. The van der Waals surface area contributed by atoms with Gasteiger partial charge in [-0.05, 0) is 42.9 Å². The molecule has 1 atom stereocenters. The van der Waals surface area contributed by atoms with E-state index >= 15 is 0 Å². The Hall–Kier alpha value is -3.28. The fourth-order valence-electron chi connectivity index (χ4n) is 5.28. The molecule has 1 N–H and O–H groups in total. The van der Waals surface area contributed by atoms with Crippen LogP contribution in [0.3, 0.4) is 0 Å². The van der Waals surface area contributed by atoms with Crippen LogP contribution < -0.4 is 5.32 Å². The van der Waals surface area contributed by atoms with Crippen LogP contribution in [0.5, 0.6) is 0 Å². The highest BCUT2D eigenvalue weighted by Gasteiger charge is 2.41. The Morgan fingerprint density at radius 3 is 2.35 bits per heavy atom. The minimum Gasteiger partial charge on any atom is -0.490 e. The van der Waals surface area contributed by atoms with Crippen LogP contribution >= 0.6 is 0 Å². The Balaban J connectivity index is 1.03. The average molecular weight is 569 g/mol. The Bertz CT molecular complexity index is 1320. The van der Waals surface area contributed by atoms with Crippen molar-refractivity contribution in [2.24, 2.45) is 0 Å². The summed E-state index contributed by atoms with van der Waals surface area (Å²) in [6, 6.07) is 7.57. The molecule has 11 heteroatoms. The summed E-state index contributed by atoms with van der Waals surface area (Å²) in [5.41, 5.74) is 2.78. The summed E-state index contributed by atoms with van der Waals surface area (Å²) in [6.07, 6.45) is 7.88. The first-order valence-electron chi connectivity index (χ1n) is 13.8. The van der Waals surface area contributed by atoms with Crippen LogP contribution in [0.15, 0.2) is 60.4 Å². The third-order valence-corrected chi connectivity index (χ3v) is 10.2. The Kier molecular flexibility index (Phi) is 8.53. The van der Waals surface area contributed by atoms with Crippen LogP contribution in [0, 0.1) is 0 Å². The van der Waals surface area contributed by atoms with Gasteiger partial charge in [-0.1, -0.05) is 43.0 Å². The number of rotatable bonds is 10. The zero-order chi connectivity index (χ0) is 28.3. The van der Waals surface area contributed by atoms with Crippen molar-refractivity contribution in [1.29, 1.82) is 0 Å². The van der Waals surface area contributed by atoms with Gasteiger partial charge in [0.25, 0.3) is 5.91 Å². The first-order chi connectivity index (χ1) is 19.2. The molecule has 1 saturated carbocycles. The highest BCUT2D eigenvalue weighted by molar-refractivity contribution is 7.90. The summed E-state index contributed by atoms with van der Waals surface area (Å²) in [7, 11) is -3.09. The quantitative estimate of drug-likeness (QED) is 0.198. The van der Waals surface area contributed by atoms with E-state index in [9.17, 15) is 22.8 Å². The molecule has 5 rings (SSSR count). The first-order valence-corrected chi connectivity index (χ1v) is 15.3. The van der Waals surface area contributed by atoms with Gasteiger partial charge in [0, 0.05) is 51.3 Å². The fraction of sp³-hybridized carbons (Fsp3) is 0.483. The molecule has 1 aromatic rings. The third-order valence-electron chi connectivity index (χ3n) is 7.81. The predicted octanol–water partition coefficient (Wildman–Crippen LogP) is 1.85. The second kappa shape index (κ2) is 12.1. The van der Waals surface area contributed by atoms with Gasteiger partial charge >= 0.3 is 0 Å². The number of amides is 3. The van der Waals surface area contributed by atoms with Gasteiger partial charge in [0.15, 0.2) is 0 Å². The van der Waals surface area contributed by atoms with Crippen molar-refractivity contribution in [2.45, 2.75) is 56.5 Å². The van der Waals surface area contributed by atoms with Crippen LogP contribution in [0.25, 0.3) is 0 Å². The highest BCUT2D eigenvalue weighted by Crippen LogP contribution is 2.31. The van der Waals surface area contributed by atoms with Crippen molar-refractivity contribution < 1.29 is 27.5 Å². The number of piperidine rings is 1. The summed E-state index contributed by atoms with van der Waals surface area (Å²) in [5, 5.41) is 2.16. The number of benzene rings is 1. The smallest absolute Gasteiger partial charge is 0.250 e. The molecule has 0 spiro atoms. The van der Waals surface area contributed by atoms with E-state index in [-0.39, 0.29) is 23.5 Å². The number of sulfonamides is 1. The second-order valence-electron chi connectivity index (χ2n) is 10.8. The van der Waals surface area contributed by atoms with Crippen LogP contribution in [0.1, 0.15) is 43.2 Å². The van der Waals surface area contributed by atoms with Gasteiger partial charge in [0.05, 0.1) is 5.25 Å². The third kappa shape index (κ3) is 6.71. The minimum atomic E-state index is -3.09. The molecule has 1 aliphatic carbocycles. The molecule has 40 heavy (non-hydrogen) atoms. The van der Waals surface area contributed by atoms with Gasteiger partial charge in [0.2, 0.25) is 21.8 Å². The zero-order valence-electron chi connectivity index (χ0n) is 22.6. The number of carbonyl (C=O) groups is 3. The number of hydrogen-bond acceptors (Lipinski definition) is 7. The number of allylic oxidation sites excluding steroid dienone is 3. The number of likely N-dealkylation sites (tertiary alicyclic amines) is 1. The van der Waals surface area contributed by atoms with E-state index in [2.05, 4.69) is 28.9 Å². The molecule has 3 aliphatic heterocycles. The molecule has 4 aliphatic rings. The van der Waals surface area contributed by atoms with E-state index < -0.39 is 22.0 Å². The Morgan fingerprint density at radius 1 is 0.975 bits per heavy atom. The van der Waals surface area contributed by atoms with Crippen molar-refractivity contribution in [3.8, 4) is 0 Å². The maximum atomic E-state index is 12.7. The lowest BCUT2D eigenvalue weighted by molar-refractivity contribution is -0.142. The lowest BCUT2D eigenvalue weighted by Crippen LogP contribution is -2.52. The van der Waals surface area contributed by atoms with Crippen molar-refractivity contribution in [2.75, 3.05) is 32.7 Å². The van der Waals surface area contributed by atoms with Crippen molar-refractivity contribution in [3.63, 3.8) is 0 Å².